The van der Waals surface area contributed by atoms with Crippen LogP contribution in [0.1, 0.15) is 38.8 Å². The molecule has 0 fully saturated rings. The lowest BCUT2D eigenvalue weighted by Crippen LogP contribution is -2.36. The Labute approximate surface area is 198 Å². The van der Waals surface area contributed by atoms with Gasteiger partial charge in [-0.2, -0.15) is 0 Å². The fourth-order valence-electron chi connectivity index (χ4n) is 3.81. The molecule has 0 saturated heterocycles. The summed E-state index contributed by atoms with van der Waals surface area (Å²) in [6, 6.07) is 14.8. The molecule has 0 radical (unpaired) electrons. The molecule has 3 rings (SSSR count). The number of aliphatic hydroxyl groups is 1. The van der Waals surface area contributed by atoms with Crippen LogP contribution in [0.3, 0.4) is 0 Å². The van der Waals surface area contributed by atoms with Crippen molar-refractivity contribution >= 4 is 44.0 Å². The van der Waals surface area contributed by atoms with Gasteiger partial charge in [-0.25, -0.2) is 8.42 Å². The monoisotopic (exact) mass is 490 g/mol. The predicted octanol–water partition coefficient (Wildman–Crippen LogP) is 4.87. The second kappa shape index (κ2) is 10.1. The molecule has 1 heterocycles. The Morgan fingerprint density at radius 1 is 1.12 bits per heavy atom. The van der Waals surface area contributed by atoms with Crippen molar-refractivity contribution < 1.29 is 23.4 Å². The largest absolute Gasteiger partial charge is 0.481 e. The molecule has 0 aliphatic rings. The highest BCUT2D eigenvalue weighted by atomic mass is 35.5. The molecule has 176 valence electrons. The molecule has 33 heavy (non-hydrogen) atoms. The highest BCUT2D eigenvalue weighted by molar-refractivity contribution is 7.90. The Morgan fingerprint density at radius 3 is 2.48 bits per heavy atom. The number of nitrogens with one attached hydrogen (secondary N) is 1. The first-order valence-electron chi connectivity index (χ1n) is 10.6. The fourth-order valence-corrected chi connectivity index (χ4v) is 5.29. The summed E-state index contributed by atoms with van der Waals surface area (Å²) in [6.07, 6.45) is -0.409. The molecule has 0 spiro atoms. The van der Waals surface area contributed by atoms with Gasteiger partial charge in [-0.1, -0.05) is 43.6 Å². The number of aliphatic hydroxyl groups excluding tert-OH is 1. The first-order valence-corrected chi connectivity index (χ1v) is 12.7. The van der Waals surface area contributed by atoms with Gasteiger partial charge in [-0.15, -0.1) is 0 Å². The topological polar surface area (TPSA) is 117 Å². The second-order valence-corrected chi connectivity index (χ2v) is 10.5. The van der Waals surface area contributed by atoms with E-state index >= 15 is 0 Å². The molecule has 2 aromatic carbocycles. The molecule has 9 heteroatoms. The summed E-state index contributed by atoms with van der Waals surface area (Å²) in [5.74, 6) is -1.26. The minimum absolute atomic E-state index is 0.00409. The lowest BCUT2D eigenvalue weighted by Gasteiger charge is -2.29. The van der Waals surface area contributed by atoms with Crippen molar-refractivity contribution in [2.45, 2.75) is 50.0 Å². The van der Waals surface area contributed by atoms with Crippen LogP contribution in [-0.2, 0) is 20.4 Å². The second-order valence-electron chi connectivity index (χ2n) is 8.08. The Hall–Kier alpha value is -2.68. The van der Waals surface area contributed by atoms with E-state index in [9.17, 15) is 23.4 Å². The van der Waals surface area contributed by atoms with E-state index in [-0.39, 0.29) is 17.1 Å². The number of rotatable bonds is 10. The first kappa shape index (κ1) is 25.0. The van der Waals surface area contributed by atoms with Gasteiger partial charge in [-0.05, 0) is 49.2 Å². The summed E-state index contributed by atoms with van der Waals surface area (Å²) in [4.78, 5) is 16.2. The van der Waals surface area contributed by atoms with Crippen molar-refractivity contribution in [3.05, 3.63) is 65.3 Å². The molecule has 1 atom stereocenters. The minimum Gasteiger partial charge on any atom is -0.481 e. The lowest BCUT2D eigenvalue weighted by molar-refractivity contribution is -0.151. The van der Waals surface area contributed by atoms with Gasteiger partial charge in [0, 0.05) is 22.5 Å². The van der Waals surface area contributed by atoms with E-state index < -0.39 is 27.4 Å². The highest BCUT2D eigenvalue weighted by Crippen LogP contribution is 2.33. The summed E-state index contributed by atoms with van der Waals surface area (Å²) in [5, 5.41) is 24.2. The number of fused-ring (bicyclic) bond motifs is 1. The smallest absolute Gasteiger partial charge is 0.309 e. The number of carboxylic acids is 1. The maximum absolute atomic E-state index is 13.0. The van der Waals surface area contributed by atoms with Crippen molar-refractivity contribution in [2.75, 3.05) is 5.32 Å². The van der Waals surface area contributed by atoms with Gasteiger partial charge in [0.05, 0.1) is 27.3 Å². The summed E-state index contributed by atoms with van der Waals surface area (Å²) in [6.45, 7) is 3.54. The van der Waals surface area contributed by atoms with E-state index in [1.54, 1.807) is 50.2 Å². The molecule has 3 aromatic rings. The number of aromatic nitrogens is 1. The number of anilines is 1. The van der Waals surface area contributed by atoms with E-state index in [1.807, 2.05) is 6.07 Å². The summed E-state index contributed by atoms with van der Waals surface area (Å²) in [7, 11) is -3.72. The van der Waals surface area contributed by atoms with Crippen molar-refractivity contribution in [3.8, 4) is 0 Å². The van der Waals surface area contributed by atoms with Gasteiger partial charge in [0.25, 0.3) is 0 Å². The SMILES string of the molecule is CCC(CC)(CC(O)Nc1cccc(S(=O)(=O)Cc2ccc3ccc(Cl)cc3n2)c1)C(=O)O. The molecule has 0 bridgehead atoms. The molecule has 7 nitrogen and oxygen atoms in total. The Morgan fingerprint density at radius 2 is 1.82 bits per heavy atom. The van der Waals surface area contributed by atoms with Crippen LogP contribution >= 0.6 is 11.6 Å². The lowest BCUT2D eigenvalue weighted by atomic mass is 9.78. The number of halogens is 1. The number of aliphatic carboxylic acids is 1. The average molecular weight is 491 g/mol. The Kier molecular flexibility index (Phi) is 7.62. The third-order valence-corrected chi connectivity index (χ3v) is 7.85. The third kappa shape index (κ3) is 5.82. The number of carbonyl (C=O) groups is 1. The Bertz CT molecular complexity index is 1260. The van der Waals surface area contributed by atoms with Crippen LogP contribution in [0.25, 0.3) is 10.9 Å². The van der Waals surface area contributed by atoms with E-state index in [1.165, 1.54) is 12.1 Å². The highest BCUT2D eigenvalue weighted by Gasteiger charge is 2.37. The first-order chi connectivity index (χ1) is 15.6. The maximum Gasteiger partial charge on any atom is 0.309 e. The van der Waals surface area contributed by atoms with E-state index in [0.717, 1.165) is 5.39 Å². The quantitative estimate of drug-likeness (QED) is 0.347. The number of carboxylic acid groups (broad SMARTS) is 1. The fraction of sp³-hybridized carbons (Fsp3) is 0.333. The average Bonchev–Trinajstić information content (AvgIpc) is 2.77. The molecule has 3 N–H and O–H groups in total. The van der Waals surface area contributed by atoms with Crippen LogP contribution in [-0.4, -0.2) is 35.8 Å². The number of pyridine rings is 1. The molecular formula is C24H27ClN2O5S. The summed E-state index contributed by atoms with van der Waals surface area (Å²) < 4.78 is 26.0. The van der Waals surface area contributed by atoms with Gasteiger partial charge >= 0.3 is 5.97 Å². The van der Waals surface area contributed by atoms with Crippen LogP contribution in [0.2, 0.25) is 5.02 Å². The summed E-state index contributed by atoms with van der Waals surface area (Å²) in [5.41, 5.74) is 0.330. The van der Waals surface area contributed by atoms with Gasteiger partial charge in [0.15, 0.2) is 9.84 Å². The Balaban J connectivity index is 1.78. The van der Waals surface area contributed by atoms with Crippen molar-refractivity contribution in [3.63, 3.8) is 0 Å². The summed E-state index contributed by atoms with van der Waals surface area (Å²) >= 11 is 6.02. The van der Waals surface area contributed by atoms with Crippen molar-refractivity contribution in [2.24, 2.45) is 5.41 Å². The molecule has 0 aliphatic carbocycles. The molecule has 1 unspecified atom stereocenters. The van der Waals surface area contributed by atoms with E-state index in [4.69, 9.17) is 11.6 Å². The van der Waals surface area contributed by atoms with Crippen molar-refractivity contribution in [1.29, 1.82) is 0 Å². The zero-order valence-corrected chi connectivity index (χ0v) is 20.0. The van der Waals surface area contributed by atoms with Gasteiger partial charge in [0.2, 0.25) is 0 Å². The zero-order chi connectivity index (χ0) is 24.2. The van der Waals surface area contributed by atoms with E-state index in [0.29, 0.717) is 34.8 Å². The van der Waals surface area contributed by atoms with Crippen LogP contribution in [0, 0.1) is 5.41 Å². The standard InChI is InChI=1S/C24H27ClN2O5S/c1-3-24(4-2,23(29)30)14-22(28)27-18-6-5-7-20(13-18)33(31,32)15-19-11-9-16-8-10-17(25)12-21(16)26-19/h5-13,22,27-28H,3-4,14-15H2,1-2H3,(H,29,30). The van der Waals surface area contributed by atoms with Crippen molar-refractivity contribution in [1.82, 2.24) is 4.98 Å². The van der Waals surface area contributed by atoms with Crippen LogP contribution in [0.5, 0.6) is 0 Å². The third-order valence-electron chi connectivity index (χ3n) is 5.97. The van der Waals surface area contributed by atoms with Gasteiger partial charge < -0.3 is 15.5 Å². The molecule has 0 amide bonds. The molecule has 1 aromatic heterocycles. The van der Waals surface area contributed by atoms with Gasteiger partial charge in [-0.3, -0.25) is 9.78 Å². The predicted molar refractivity (Wildman–Crippen MR) is 129 cm³/mol. The normalized spacial score (nSPS) is 13.1. The number of nitrogens with zero attached hydrogens (tertiary/aromatic N) is 1. The number of sulfone groups is 1. The molecular weight excluding hydrogens is 464 g/mol. The van der Waals surface area contributed by atoms with Crippen LogP contribution < -0.4 is 5.32 Å². The van der Waals surface area contributed by atoms with Crippen LogP contribution in [0.15, 0.2) is 59.5 Å². The number of hydrogen-bond acceptors (Lipinski definition) is 6. The maximum atomic E-state index is 13.0. The zero-order valence-electron chi connectivity index (χ0n) is 18.5. The minimum atomic E-state index is -3.72. The molecule has 0 saturated carbocycles. The number of benzene rings is 2. The number of hydrogen-bond donors (Lipinski definition) is 3. The molecule has 0 aliphatic heterocycles. The van der Waals surface area contributed by atoms with Crippen LogP contribution in [0.4, 0.5) is 5.69 Å². The van der Waals surface area contributed by atoms with E-state index in [2.05, 4.69) is 10.3 Å². The van der Waals surface area contributed by atoms with Gasteiger partial charge in [0.1, 0.15) is 6.23 Å².